The fourth-order valence-corrected chi connectivity index (χ4v) is 5.05. The Morgan fingerprint density at radius 3 is 2.39 bits per heavy atom. The normalized spacial score (nSPS) is 11.1. The monoisotopic (exact) mass is 478 g/mol. The first-order valence-electron chi connectivity index (χ1n) is 9.98. The molecule has 0 fully saturated rings. The lowest BCUT2D eigenvalue weighted by Gasteiger charge is -2.11. The first kappa shape index (κ1) is 22.6. The van der Waals surface area contributed by atoms with Gasteiger partial charge in [-0.1, -0.05) is 23.7 Å². The number of aromatic hydroxyl groups is 1. The number of carbonyl (C=O) groups is 2. The highest BCUT2D eigenvalue weighted by Gasteiger charge is 2.24. The van der Waals surface area contributed by atoms with Crippen LogP contribution in [0.5, 0.6) is 17.2 Å². The Bertz CT molecular complexity index is 1360. The molecule has 3 aromatic carbocycles. The fraction of sp³-hybridized carbons (Fsp3) is 0.0769. The molecule has 0 spiro atoms. The van der Waals surface area contributed by atoms with Crippen molar-refractivity contribution in [2.45, 2.75) is 13.8 Å². The lowest BCUT2D eigenvalue weighted by molar-refractivity contribution is -0.123. The van der Waals surface area contributed by atoms with Crippen LogP contribution in [0.15, 0.2) is 60.9 Å². The summed E-state index contributed by atoms with van der Waals surface area (Å²) in [6.45, 7) is 4.05. The SMILES string of the molecule is Cc1cc(Cl)cc(C)c1C(=O)c1sc2cc(O)ccc2c1Oc1ccc(/C=C/OC=O)cc1. The van der Waals surface area contributed by atoms with E-state index < -0.39 is 0 Å². The molecule has 1 aromatic heterocycles. The summed E-state index contributed by atoms with van der Waals surface area (Å²) >= 11 is 7.43. The van der Waals surface area contributed by atoms with Crippen LogP contribution < -0.4 is 4.74 Å². The maximum atomic E-state index is 13.6. The zero-order chi connectivity index (χ0) is 23.5. The van der Waals surface area contributed by atoms with Crippen molar-refractivity contribution in [1.82, 2.24) is 0 Å². The van der Waals surface area contributed by atoms with E-state index in [2.05, 4.69) is 4.74 Å². The first-order chi connectivity index (χ1) is 15.9. The molecule has 5 nitrogen and oxygen atoms in total. The van der Waals surface area contributed by atoms with Gasteiger partial charge in [0.05, 0.1) is 6.26 Å². The summed E-state index contributed by atoms with van der Waals surface area (Å²) in [6.07, 6.45) is 2.93. The molecule has 1 heterocycles. The number of hydrogen-bond acceptors (Lipinski definition) is 6. The minimum Gasteiger partial charge on any atom is -0.508 e. The number of ether oxygens (including phenoxy) is 2. The second kappa shape index (κ2) is 9.48. The third-order valence-electron chi connectivity index (χ3n) is 5.05. The molecule has 0 saturated carbocycles. The van der Waals surface area contributed by atoms with E-state index in [-0.39, 0.29) is 11.5 Å². The third kappa shape index (κ3) is 4.77. The molecule has 0 bridgehead atoms. The minimum absolute atomic E-state index is 0.113. The van der Waals surface area contributed by atoms with Gasteiger partial charge in [0.25, 0.3) is 6.47 Å². The topological polar surface area (TPSA) is 72.8 Å². The van der Waals surface area contributed by atoms with Crippen molar-refractivity contribution < 1.29 is 24.2 Å². The summed E-state index contributed by atoms with van der Waals surface area (Å²) in [7, 11) is 0. The van der Waals surface area contributed by atoms with Gasteiger partial charge < -0.3 is 14.6 Å². The molecule has 0 amide bonds. The van der Waals surface area contributed by atoms with Crippen molar-refractivity contribution in [2.24, 2.45) is 0 Å². The predicted molar refractivity (Wildman–Crippen MR) is 131 cm³/mol. The Labute approximate surface area is 199 Å². The molecular weight excluding hydrogens is 460 g/mol. The lowest BCUT2D eigenvalue weighted by Crippen LogP contribution is -2.06. The van der Waals surface area contributed by atoms with Gasteiger partial charge in [-0.2, -0.15) is 0 Å². The first-order valence-corrected chi connectivity index (χ1v) is 11.2. The molecule has 4 rings (SSSR count). The van der Waals surface area contributed by atoms with E-state index in [0.29, 0.717) is 33.4 Å². The van der Waals surface area contributed by atoms with Crippen molar-refractivity contribution in [2.75, 3.05) is 0 Å². The molecule has 0 aliphatic rings. The van der Waals surface area contributed by atoms with E-state index in [0.717, 1.165) is 26.8 Å². The van der Waals surface area contributed by atoms with Crippen molar-refractivity contribution in [3.63, 3.8) is 0 Å². The van der Waals surface area contributed by atoms with Crippen LogP contribution in [-0.2, 0) is 9.53 Å². The van der Waals surface area contributed by atoms with Gasteiger partial charge in [-0.05, 0) is 79.1 Å². The maximum absolute atomic E-state index is 13.6. The van der Waals surface area contributed by atoms with Crippen LogP contribution in [0, 0.1) is 13.8 Å². The molecular formula is C26H19ClO5S. The van der Waals surface area contributed by atoms with Crippen molar-refractivity contribution in [3.8, 4) is 17.2 Å². The number of phenols is 1. The van der Waals surface area contributed by atoms with Crippen LogP contribution in [0.2, 0.25) is 5.02 Å². The summed E-state index contributed by atoms with van der Waals surface area (Å²) in [5.74, 6) is 0.918. The predicted octanol–water partition coefficient (Wildman–Crippen LogP) is 7.04. The van der Waals surface area contributed by atoms with E-state index in [9.17, 15) is 14.7 Å². The van der Waals surface area contributed by atoms with E-state index in [4.69, 9.17) is 16.3 Å². The standard InChI is InChI=1S/C26H19ClO5S/c1-15-11-18(27)12-16(2)23(15)24(30)26-25(21-8-5-19(29)13-22(21)33-26)32-20-6-3-17(4-7-20)9-10-31-14-28/h3-14,29H,1-2H3/b10-9+. The number of carbonyl (C=O) groups excluding carboxylic acids is 2. The quantitative estimate of drug-likeness (QED) is 0.175. The summed E-state index contributed by atoms with van der Waals surface area (Å²) < 4.78 is 11.5. The number of rotatable bonds is 7. The third-order valence-corrected chi connectivity index (χ3v) is 6.40. The molecule has 0 aliphatic carbocycles. The minimum atomic E-state index is -0.164. The number of hydrogen-bond donors (Lipinski definition) is 1. The molecule has 7 heteroatoms. The van der Waals surface area contributed by atoms with E-state index in [1.807, 2.05) is 13.8 Å². The average molecular weight is 479 g/mol. The summed E-state index contributed by atoms with van der Waals surface area (Å²) in [5, 5.41) is 11.2. The molecule has 33 heavy (non-hydrogen) atoms. The van der Waals surface area contributed by atoms with Gasteiger partial charge in [0, 0.05) is 20.7 Å². The van der Waals surface area contributed by atoms with Gasteiger partial charge >= 0.3 is 0 Å². The number of thiophene rings is 1. The highest BCUT2D eigenvalue weighted by atomic mass is 35.5. The Kier molecular flexibility index (Phi) is 6.49. The highest BCUT2D eigenvalue weighted by Crippen LogP contribution is 2.43. The van der Waals surface area contributed by atoms with Gasteiger partial charge in [-0.25, -0.2) is 0 Å². The number of benzene rings is 3. The summed E-state index contributed by atoms with van der Waals surface area (Å²) in [6, 6.07) is 15.6. The van der Waals surface area contributed by atoms with E-state index in [1.165, 1.54) is 17.6 Å². The molecule has 166 valence electrons. The summed E-state index contributed by atoms with van der Waals surface area (Å²) in [4.78, 5) is 24.3. The number of ketones is 1. The largest absolute Gasteiger partial charge is 0.508 e. The van der Waals surface area contributed by atoms with Gasteiger partial charge in [0.1, 0.15) is 16.4 Å². The Hall–Kier alpha value is -3.61. The van der Waals surface area contributed by atoms with Crippen LogP contribution >= 0.6 is 22.9 Å². The Balaban J connectivity index is 1.77. The van der Waals surface area contributed by atoms with Gasteiger partial charge in [0.15, 0.2) is 5.75 Å². The molecule has 0 atom stereocenters. The highest BCUT2D eigenvalue weighted by molar-refractivity contribution is 7.21. The molecule has 0 saturated heterocycles. The molecule has 4 aromatic rings. The molecule has 0 unspecified atom stereocenters. The van der Waals surface area contributed by atoms with Crippen LogP contribution in [0.3, 0.4) is 0 Å². The Morgan fingerprint density at radius 1 is 1.03 bits per heavy atom. The zero-order valence-corrected chi connectivity index (χ0v) is 19.4. The molecule has 0 aliphatic heterocycles. The number of fused-ring (bicyclic) bond motifs is 1. The number of halogens is 1. The van der Waals surface area contributed by atoms with Crippen molar-refractivity contribution >= 4 is 51.4 Å². The zero-order valence-electron chi connectivity index (χ0n) is 17.8. The van der Waals surface area contributed by atoms with Crippen LogP contribution in [0.1, 0.15) is 31.9 Å². The summed E-state index contributed by atoms with van der Waals surface area (Å²) in [5.41, 5.74) is 2.96. The molecule has 0 radical (unpaired) electrons. The van der Waals surface area contributed by atoms with Crippen molar-refractivity contribution in [1.29, 1.82) is 0 Å². The van der Waals surface area contributed by atoms with E-state index in [1.54, 1.807) is 60.7 Å². The number of aryl methyl sites for hydroxylation is 2. The smallest absolute Gasteiger partial charge is 0.297 e. The molecule has 1 N–H and O–H groups in total. The lowest BCUT2D eigenvalue weighted by atomic mass is 9.98. The van der Waals surface area contributed by atoms with E-state index >= 15 is 0 Å². The van der Waals surface area contributed by atoms with Crippen LogP contribution in [0.25, 0.3) is 16.2 Å². The van der Waals surface area contributed by atoms with Gasteiger partial charge in [-0.15, -0.1) is 11.3 Å². The van der Waals surface area contributed by atoms with Gasteiger partial charge in [-0.3, -0.25) is 9.59 Å². The van der Waals surface area contributed by atoms with Crippen LogP contribution in [0.4, 0.5) is 0 Å². The fourth-order valence-electron chi connectivity index (χ4n) is 3.61. The second-order valence-corrected chi connectivity index (χ2v) is 8.88. The van der Waals surface area contributed by atoms with Gasteiger partial charge in [0.2, 0.25) is 5.78 Å². The van der Waals surface area contributed by atoms with Crippen LogP contribution in [-0.4, -0.2) is 17.4 Å². The average Bonchev–Trinajstić information content (AvgIpc) is 3.11. The second-order valence-electron chi connectivity index (χ2n) is 7.39. The van der Waals surface area contributed by atoms with Crippen molar-refractivity contribution in [3.05, 3.63) is 93.0 Å². The maximum Gasteiger partial charge on any atom is 0.297 e. The number of phenolic OH excluding ortho intramolecular Hbond substituents is 1. The Morgan fingerprint density at radius 2 is 1.73 bits per heavy atom.